The molecule has 25 heavy (non-hydrogen) atoms. The van der Waals surface area contributed by atoms with Crippen LogP contribution in [0.15, 0.2) is 60.9 Å². The maximum atomic E-state index is 13.0. The van der Waals surface area contributed by atoms with Crippen molar-refractivity contribution >= 4 is 10.8 Å². The minimum absolute atomic E-state index is 0.0245. The molecule has 0 saturated heterocycles. The van der Waals surface area contributed by atoms with Gasteiger partial charge in [0, 0.05) is 36.4 Å². The highest BCUT2D eigenvalue weighted by Crippen LogP contribution is 2.29. The molecule has 0 saturated carbocycles. The van der Waals surface area contributed by atoms with Crippen LogP contribution in [0.25, 0.3) is 10.8 Å². The number of hydrogen-bond donors (Lipinski definition) is 1. The number of rotatable bonds is 5. The van der Waals surface area contributed by atoms with E-state index in [-0.39, 0.29) is 18.8 Å². The van der Waals surface area contributed by atoms with Crippen LogP contribution < -0.4 is 0 Å². The highest BCUT2D eigenvalue weighted by atomic mass is 19.4. The van der Waals surface area contributed by atoms with Crippen LogP contribution in [-0.2, 0) is 13.1 Å². The molecule has 1 heterocycles. The third kappa shape index (κ3) is 4.48. The Morgan fingerprint density at radius 1 is 0.960 bits per heavy atom. The number of pyridine rings is 1. The van der Waals surface area contributed by atoms with E-state index in [2.05, 4.69) is 4.98 Å². The summed E-state index contributed by atoms with van der Waals surface area (Å²) in [6, 6.07) is 14.0. The van der Waals surface area contributed by atoms with Crippen LogP contribution in [0, 0.1) is 0 Å². The summed E-state index contributed by atoms with van der Waals surface area (Å²) in [5.41, 5.74) is 1.23. The number of phenols is 1. The molecular formula is C19H17F3N2O. The molecule has 0 aliphatic rings. The second-order valence-electron chi connectivity index (χ2n) is 5.91. The average Bonchev–Trinajstić information content (AvgIpc) is 2.57. The number of aromatic hydroxyl groups is 1. The fourth-order valence-electron chi connectivity index (χ4n) is 2.86. The van der Waals surface area contributed by atoms with E-state index in [0.29, 0.717) is 10.9 Å². The lowest BCUT2D eigenvalue weighted by molar-refractivity contribution is -0.148. The van der Waals surface area contributed by atoms with Gasteiger partial charge in [-0.3, -0.25) is 9.88 Å². The summed E-state index contributed by atoms with van der Waals surface area (Å²) in [6.07, 6.45) is -1.15. The van der Waals surface area contributed by atoms with Crippen LogP contribution in [0.2, 0.25) is 0 Å². The van der Waals surface area contributed by atoms with Crippen molar-refractivity contribution in [3.05, 3.63) is 72.1 Å². The van der Waals surface area contributed by atoms with Gasteiger partial charge in [0.1, 0.15) is 5.75 Å². The molecule has 2 aromatic carbocycles. The topological polar surface area (TPSA) is 36.4 Å². The van der Waals surface area contributed by atoms with Gasteiger partial charge in [-0.25, -0.2) is 0 Å². The summed E-state index contributed by atoms with van der Waals surface area (Å²) in [5, 5.41) is 11.7. The summed E-state index contributed by atoms with van der Waals surface area (Å²) in [6.45, 7) is -0.947. The fourth-order valence-corrected chi connectivity index (χ4v) is 2.86. The molecular weight excluding hydrogens is 329 g/mol. The van der Waals surface area contributed by atoms with Crippen LogP contribution in [0.4, 0.5) is 13.2 Å². The zero-order valence-electron chi connectivity index (χ0n) is 13.4. The first-order valence-electron chi connectivity index (χ1n) is 7.80. The number of fused-ring (bicyclic) bond motifs is 1. The lowest BCUT2D eigenvalue weighted by atomic mass is 10.0. The molecule has 0 unspecified atom stereocenters. The van der Waals surface area contributed by atoms with Crippen molar-refractivity contribution in [1.29, 1.82) is 0 Å². The lowest BCUT2D eigenvalue weighted by Gasteiger charge is -2.25. The van der Waals surface area contributed by atoms with Gasteiger partial charge in [-0.15, -0.1) is 0 Å². The van der Waals surface area contributed by atoms with Crippen molar-refractivity contribution < 1.29 is 18.3 Å². The molecule has 0 radical (unpaired) electrons. The normalized spacial score (nSPS) is 12.0. The zero-order chi connectivity index (χ0) is 17.9. The van der Waals surface area contributed by atoms with Crippen molar-refractivity contribution in [3.8, 4) is 5.75 Å². The minimum atomic E-state index is -4.33. The molecule has 0 amide bonds. The van der Waals surface area contributed by atoms with E-state index < -0.39 is 12.7 Å². The molecule has 6 heteroatoms. The van der Waals surface area contributed by atoms with Crippen LogP contribution in [0.3, 0.4) is 0 Å². The molecule has 130 valence electrons. The number of phenolic OH excluding ortho intramolecular Hbond substituents is 1. The van der Waals surface area contributed by atoms with Crippen LogP contribution >= 0.6 is 0 Å². The summed E-state index contributed by atoms with van der Waals surface area (Å²) < 4.78 is 39.0. The molecule has 0 bridgehead atoms. The Morgan fingerprint density at radius 2 is 1.72 bits per heavy atom. The van der Waals surface area contributed by atoms with Gasteiger partial charge in [-0.05, 0) is 23.1 Å². The second kappa shape index (κ2) is 7.11. The minimum Gasteiger partial charge on any atom is -0.508 e. The molecule has 1 aromatic heterocycles. The van der Waals surface area contributed by atoms with E-state index >= 15 is 0 Å². The van der Waals surface area contributed by atoms with Gasteiger partial charge >= 0.3 is 6.18 Å². The Kier molecular flexibility index (Phi) is 4.90. The predicted molar refractivity (Wildman–Crippen MR) is 90.0 cm³/mol. The summed E-state index contributed by atoms with van der Waals surface area (Å²) >= 11 is 0. The van der Waals surface area contributed by atoms with E-state index in [1.807, 2.05) is 6.07 Å². The molecule has 3 aromatic rings. The van der Waals surface area contributed by atoms with Gasteiger partial charge in [0.2, 0.25) is 0 Å². The number of aromatic nitrogens is 1. The Labute approximate surface area is 143 Å². The highest BCUT2D eigenvalue weighted by Gasteiger charge is 2.31. The lowest BCUT2D eigenvalue weighted by Crippen LogP contribution is -2.33. The third-order valence-electron chi connectivity index (χ3n) is 3.94. The summed E-state index contributed by atoms with van der Waals surface area (Å²) in [5.74, 6) is -0.0271. The van der Waals surface area contributed by atoms with Gasteiger partial charge in [0.05, 0.1) is 6.54 Å². The summed E-state index contributed by atoms with van der Waals surface area (Å²) in [4.78, 5) is 5.30. The molecule has 0 spiro atoms. The van der Waals surface area contributed by atoms with Gasteiger partial charge in [-0.1, -0.05) is 36.4 Å². The Bertz CT molecular complexity index is 850. The Balaban J connectivity index is 1.93. The number of halogens is 3. The Hall–Kier alpha value is -2.60. The largest absolute Gasteiger partial charge is 0.508 e. The highest BCUT2D eigenvalue weighted by molar-refractivity contribution is 5.86. The molecule has 0 atom stereocenters. The van der Waals surface area contributed by atoms with Crippen molar-refractivity contribution in [3.63, 3.8) is 0 Å². The van der Waals surface area contributed by atoms with E-state index in [4.69, 9.17) is 0 Å². The first-order valence-corrected chi connectivity index (χ1v) is 7.80. The molecule has 0 aliphatic heterocycles. The van der Waals surface area contributed by atoms with Crippen LogP contribution in [-0.4, -0.2) is 27.7 Å². The summed E-state index contributed by atoms with van der Waals surface area (Å²) in [7, 11) is 0. The molecule has 0 aliphatic carbocycles. The van der Waals surface area contributed by atoms with E-state index in [0.717, 1.165) is 10.9 Å². The molecule has 3 nitrogen and oxygen atoms in total. The standard InChI is InChI=1S/C19H17F3N2O/c20-19(21,22)13-24(11-14-4-2-1-3-5-14)12-17-16-10-23-9-8-15(16)6-7-18(17)25/h1-10,25H,11-13H2. The first-order chi connectivity index (χ1) is 11.9. The van der Waals surface area contributed by atoms with Crippen molar-refractivity contribution in [2.45, 2.75) is 19.3 Å². The number of hydrogen-bond acceptors (Lipinski definition) is 3. The Morgan fingerprint density at radius 3 is 2.44 bits per heavy atom. The fraction of sp³-hybridized carbons (Fsp3) is 0.211. The maximum absolute atomic E-state index is 13.0. The quantitative estimate of drug-likeness (QED) is 0.739. The monoisotopic (exact) mass is 346 g/mol. The van der Waals surface area contributed by atoms with Crippen molar-refractivity contribution in [1.82, 2.24) is 9.88 Å². The van der Waals surface area contributed by atoms with Gasteiger partial charge in [0.15, 0.2) is 0 Å². The van der Waals surface area contributed by atoms with E-state index in [1.54, 1.807) is 48.8 Å². The molecule has 1 N–H and O–H groups in total. The van der Waals surface area contributed by atoms with E-state index in [1.165, 1.54) is 11.0 Å². The number of nitrogens with zero attached hydrogens (tertiary/aromatic N) is 2. The van der Waals surface area contributed by atoms with Crippen molar-refractivity contribution in [2.75, 3.05) is 6.54 Å². The average molecular weight is 346 g/mol. The third-order valence-corrected chi connectivity index (χ3v) is 3.94. The molecule has 3 rings (SSSR count). The van der Waals surface area contributed by atoms with Gasteiger partial charge < -0.3 is 5.11 Å². The predicted octanol–water partition coefficient (Wildman–Crippen LogP) is 4.50. The zero-order valence-corrected chi connectivity index (χ0v) is 13.4. The SMILES string of the molecule is Oc1ccc2ccncc2c1CN(Cc1ccccc1)CC(F)(F)F. The first kappa shape index (κ1) is 17.2. The number of alkyl halides is 3. The second-order valence-corrected chi connectivity index (χ2v) is 5.91. The van der Waals surface area contributed by atoms with Crippen molar-refractivity contribution in [2.24, 2.45) is 0 Å². The van der Waals surface area contributed by atoms with E-state index in [9.17, 15) is 18.3 Å². The smallest absolute Gasteiger partial charge is 0.401 e. The maximum Gasteiger partial charge on any atom is 0.401 e. The molecule has 0 fully saturated rings. The van der Waals surface area contributed by atoms with Gasteiger partial charge in [-0.2, -0.15) is 13.2 Å². The van der Waals surface area contributed by atoms with Crippen LogP contribution in [0.1, 0.15) is 11.1 Å². The number of benzene rings is 2. The van der Waals surface area contributed by atoms with Gasteiger partial charge in [0.25, 0.3) is 0 Å². The van der Waals surface area contributed by atoms with Crippen LogP contribution in [0.5, 0.6) is 5.75 Å².